The van der Waals surface area contributed by atoms with Crippen molar-refractivity contribution in [3.05, 3.63) is 23.3 Å². The Labute approximate surface area is 99.6 Å². The maximum Gasteiger partial charge on any atom is 0.313 e. The first kappa shape index (κ1) is 13.3. The molecule has 5 heteroatoms. The molecule has 2 N–H and O–H groups in total. The maximum absolute atomic E-state index is 11.1. The lowest BCUT2D eigenvalue weighted by Crippen LogP contribution is -2.17. The third kappa shape index (κ3) is 2.68. The lowest BCUT2D eigenvalue weighted by atomic mass is 9.94. The van der Waals surface area contributed by atoms with Crippen molar-refractivity contribution in [3.63, 3.8) is 0 Å². The smallest absolute Gasteiger partial charge is 0.313 e. The monoisotopic (exact) mass is 240 g/mol. The molecule has 1 aromatic carbocycles. The van der Waals surface area contributed by atoms with Crippen LogP contribution in [0.3, 0.4) is 0 Å². The summed E-state index contributed by atoms with van der Waals surface area (Å²) in [5.74, 6) is -1.08. The average molecular weight is 240 g/mol. The van der Waals surface area contributed by atoms with Crippen molar-refractivity contribution in [1.29, 1.82) is 0 Å². The van der Waals surface area contributed by atoms with Gasteiger partial charge in [-0.1, -0.05) is 0 Å². The average Bonchev–Trinajstić information content (AvgIpc) is 2.31. The highest BCUT2D eigenvalue weighted by Gasteiger charge is 2.25. The molecule has 5 nitrogen and oxygen atoms in total. The van der Waals surface area contributed by atoms with Crippen molar-refractivity contribution in [3.8, 4) is 11.5 Å². The molecule has 0 aliphatic carbocycles. The molecule has 0 saturated carbocycles. The van der Waals surface area contributed by atoms with Crippen molar-refractivity contribution >= 4 is 5.97 Å². The minimum absolute atomic E-state index is 0.406. The number of aliphatic hydroxyl groups excluding tert-OH is 1. The zero-order valence-corrected chi connectivity index (χ0v) is 10.1. The van der Waals surface area contributed by atoms with Crippen LogP contribution in [0.2, 0.25) is 0 Å². The second-order valence-electron chi connectivity index (χ2n) is 3.63. The van der Waals surface area contributed by atoms with Gasteiger partial charge in [0.05, 0.1) is 20.8 Å². The second-order valence-corrected chi connectivity index (χ2v) is 3.63. The Balaban J connectivity index is 3.35. The number of methoxy groups -OCH3 is 2. The van der Waals surface area contributed by atoms with Gasteiger partial charge < -0.3 is 19.7 Å². The summed E-state index contributed by atoms with van der Waals surface area (Å²) in [7, 11) is 2.97. The van der Waals surface area contributed by atoms with Crippen LogP contribution in [0.25, 0.3) is 0 Å². The SMILES string of the molecule is COc1cc(C)c(C(CO)C(=O)O)c(OC)c1. The van der Waals surface area contributed by atoms with Crippen LogP contribution in [-0.2, 0) is 4.79 Å². The fourth-order valence-corrected chi connectivity index (χ4v) is 1.76. The lowest BCUT2D eigenvalue weighted by molar-refractivity contribution is -0.139. The normalized spacial score (nSPS) is 12.0. The highest BCUT2D eigenvalue weighted by molar-refractivity contribution is 5.78. The summed E-state index contributed by atoms with van der Waals surface area (Å²) in [4.78, 5) is 11.1. The maximum atomic E-state index is 11.1. The standard InChI is InChI=1S/C12H16O5/c1-7-4-8(16-2)5-10(17-3)11(7)9(6-13)12(14)15/h4-5,9,13H,6H2,1-3H3,(H,14,15). The Morgan fingerprint density at radius 2 is 2.00 bits per heavy atom. The van der Waals surface area contributed by atoms with Gasteiger partial charge in [-0.25, -0.2) is 0 Å². The van der Waals surface area contributed by atoms with Crippen LogP contribution in [0.4, 0.5) is 0 Å². The van der Waals surface area contributed by atoms with E-state index in [9.17, 15) is 4.79 Å². The number of rotatable bonds is 5. The molecule has 0 heterocycles. The zero-order valence-electron chi connectivity index (χ0n) is 10.1. The van der Waals surface area contributed by atoms with E-state index in [1.54, 1.807) is 19.1 Å². The predicted octanol–water partition coefficient (Wildman–Crippen LogP) is 1.17. The summed E-state index contributed by atoms with van der Waals surface area (Å²) in [6, 6.07) is 3.32. The Morgan fingerprint density at radius 3 is 2.41 bits per heavy atom. The van der Waals surface area contributed by atoms with Gasteiger partial charge in [0.15, 0.2) is 0 Å². The number of carboxylic acid groups (broad SMARTS) is 1. The molecule has 1 unspecified atom stereocenters. The summed E-state index contributed by atoms with van der Waals surface area (Å²) in [6.07, 6.45) is 0. The van der Waals surface area contributed by atoms with Crippen molar-refractivity contribution in [2.45, 2.75) is 12.8 Å². The number of hydrogen-bond acceptors (Lipinski definition) is 4. The number of ether oxygens (including phenoxy) is 2. The third-order valence-corrected chi connectivity index (χ3v) is 2.61. The molecular formula is C12H16O5. The quantitative estimate of drug-likeness (QED) is 0.808. The van der Waals surface area contributed by atoms with Crippen molar-refractivity contribution in [1.82, 2.24) is 0 Å². The predicted molar refractivity (Wildman–Crippen MR) is 61.7 cm³/mol. The van der Waals surface area contributed by atoms with E-state index in [-0.39, 0.29) is 0 Å². The van der Waals surface area contributed by atoms with Crippen LogP contribution in [0.1, 0.15) is 17.0 Å². The first-order valence-corrected chi connectivity index (χ1v) is 5.11. The molecule has 94 valence electrons. The number of carboxylic acids is 1. The highest BCUT2D eigenvalue weighted by atomic mass is 16.5. The van der Waals surface area contributed by atoms with E-state index in [2.05, 4.69) is 0 Å². The summed E-state index contributed by atoms with van der Waals surface area (Å²) in [6.45, 7) is 1.28. The van der Waals surface area contributed by atoms with Gasteiger partial charge in [0.2, 0.25) is 0 Å². The molecule has 0 aliphatic rings. The molecule has 0 radical (unpaired) electrons. The molecule has 0 aliphatic heterocycles. The van der Waals surface area contributed by atoms with Crippen molar-refractivity contribution < 1.29 is 24.5 Å². The van der Waals surface area contributed by atoms with Crippen molar-refractivity contribution in [2.24, 2.45) is 0 Å². The van der Waals surface area contributed by atoms with Crippen LogP contribution in [0, 0.1) is 6.92 Å². The molecule has 0 spiro atoms. The van der Waals surface area contributed by atoms with Crippen LogP contribution in [0.15, 0.2) is 12.1 Å². The molecule has 0 aromatic heterocycles. The topological polar surface area (TPSA) is 76.0 Å². The van der Waals surface area contributed by atoms with Gasteiger partial charge in [-0.15, -0.1) is 0 Å². The van der Waals surface area contributed by atoms with E-state index in [4.69, 9.17) is 19.7 Å². The third-order valence-electron chi connectivity index (χ3n) is 2.61. The number of hydrogen-bond donors (Lipinski definition) is 2. The van der Waals surface area contributed by atoms with Gasteiger partial charge in [0, 0.05) is 11.6 Å². The molecular weight excluding hydrogens is 224 g/mol. The van der Waals surface area contributed by atoms with Crippen LogP contribution in [0.5, 0.6) is 11.5 Å². The fraction of sp³-hybridized carbons (Fsp3) is 0.417. The van der Waals surface area contributed by atoms with Gasteiger partial charge in [-0.3, -0.25) is 4.79 Å². The lowest BCUT2D eigenvalue weighted by Gasteiger charge is -2.17. The van der Waals surface area contributed by atoms with Gasteiger partial charge in [0.25, 0.3) is 0 Å². The van der Waals surface area contributed by atoms with Crippen molar-refractivity contribution in [2.75, 3.05) is 20.8 Å². The molecule has 1 aromatic rings. The molecule has 0 saturated heterocycles. The van der Waals surface area contributed by atoms with E-state index in [1.807, 2.05) is 0 Å². The Morgan fingerprint density at radius 1 is 1.35 bits per heavy atom. The van der Waals surface area contributed by atoms with Crippen LogP contribution in [-0.4, -0.2) is 37.0 Å². The molecule has 0 fully saturated rings. The Hall–Kier alpha value is -1.75. The highest BCUT2D eigenvalue weighted by Crippen LogP contribution is 2.34. The fourth-order valence-electron chi connectivity index (χ4n) is 1.76. The largest absolute Gasteiger partial charge is 0.497 e. The number of aliphatic hydroxyl groups is 1. The van der Waals surface area contributed by atoms with Gasteiger partial charge in [-0.2, -0.15) is 0 Å². The second kappa shape index (κ2) is 5.54. The number of aliphatic carboxylic acids is 1. The van der Waals surface area contributed by atoms with E-state index in [0.717, 1.165) is 0 Å². The van der Waals surface area contributed by atoms with Gasteiger partial charge in [-0.05, 0) is 18.6 Å². The molecule has 0 amide bonds. The summed E-state index contributed by atoms with van der Waals surface area (Å²) >= 11 is 0. The Kier molecular flexibility index (Phi) is 4.34. The molecule has 0 bridgehead atoms. The minimum atomic E-state index is -1.08. The Bertz CT molecular complexity index is 414. The minimum Gasteiger partial charge on any atom is -0.497 e. The summed E-state index contributed by atoms with van der Waals surface area (Å²) < 4.78 is 10.2. The first-order chi connectivity index (χ1) is 8.04. The molecule has 1 rings (SSSR count). The van der Waals surface area contributed by atoms with Gasteiger partial charge >= 0.3 is 5.97 Å². The van der Waals surface area contributed by atoms with E-state index >= 15 is 0 Å². The first-order valence-electron chi connectivity index (χ1n) is 5.11. The van der Waals surface area contributed by atoms with E-state index in [0.29, 0.717) is 22.6 Å². The van der Waals surface area contributed by atoms with Crippen LogP contribution < -0.4 is 9.47 Å². The van der Waals surface area contributed by atoms with E-state index < -0.39 is 18.5 Å². The number of carbonyl (C=O) groups is 1. The van der Waals surface area contributed by atoms with Gasteiger partial charge in [0.1, 0.15) is 17.4 Å². The van der Waals surface area contributed by atoms with E-state index in [1.165, 1.54) is 14.2 Å². The molecule has 17 heavy (non-hydrogen) atoms. The summed E-state index contributed by atoms with van der Waals surface area (Å²) in [5, 5.41) is 18.2. The molecule has 1 atom stereocenters. The zero-order chi connectivity index (χ0) is 13.0. The number of benzene rings is 1. The number of aryl methyl sites for hydroxylation is 1. The summed E-state index contributed by atoms with van der Waals surface area (Å²) in [5.41, 5.74) is 1.19. The van der Waals surface area contributed by atoms with Crippen LogP contribution >= 0.6 is 0 Å².